The summed E-state index contributed by atoms with van der Waals surface area (Å²) >= 11 is 0. The molecule has 1 saturated carbocycles. The maximum atomic E-state index is 6.21. The topological polar surface area (TPSA) is 34.1 Å². The lowest BCUT2D eigenvalue weighted by Crippen LogP contribution is -2.17. The van der Waals surface area contributed by atoms with Crippen molar-refractivity contribution in [1.82, 2.24) is 10.3 Å². The Morgan fingerprint density at radius 3 is 2.52 bits per heavy atom. The monoisotopic (exact) mass is 290 g/mol. The molecule has 0 spiro atoms. The van der Waals surface area contributed by atoms with Crippen molar-refractivity contribution in [3.05, 3.63) is 23.4 Å². The van der Waals surface area contributed by atoms with Gasteiger partial charge in [-0.3, -0.25) is 0 Å². The highest BCUT2D eigenvalue weighted by Crippen LogP contribution is 2.24. The Hall–Kier alpha value is -1.09. The van der Waals surface area contributed by atoms with E-state index in [0.717, 1.165) is 24.7 Å². The van der Waals surface area contributed by atoms with Gasteiger partial charge >= 0.3 is 0 Å². The van der Waals surface area contributed by atoms with Crippen LogP contribution in [0.1, 0.15) is 76.5 Å². The smallest absolute Gasteiger partial charge is 0.214 e. The maximum absolute atomic E-state index is 6.21. The van der Waals surface area contributed by atoms with Crippen LogP contribution in [0.5, 0.6) is 5.88 Å². The molecule has 1 N–H and O–H groups in total. The number of pyridine rings is 1. The minimum Gasteiger partial charge on any atom is -0.474 e. The molecule has 0 radical (unpaired) electrons. The van der Waals surface area contributed by atoms with Gasteiger partial charge < -0.3 is 10.1 Å². The zero-order chi connectivity index (χ0) is 15.1. The summed E-state index contributed by atoms with van der Waals surface area (Å²) in [6, 6.07) is 4.31. The molecule has 0 aromatic carbocycles. The summed E-state index contributed by atoms with van der Waals surface area (Å²) in [5.74, 6) is 1.25. The Labute approximate surface area is 129 Å². The van der Waals surface area contributed by atoms with Gasteiger partial charge in [0.05, 0.1) is 0 Å². The zero-order valence-electron chi connectivity index (χ0n) is 13.8. The van der Waals surface area contributed by atoms with Crippen LogP contribution >= 0.6 is 0 Å². The third-order valence-electron chi connectivity index (χ3n) is 4.14. The highest BCUT2D eigenvalue weighted by atomic mass is 16.5. The molecule has 0 amide bonds. The van der Waals surface area contributed by atoms with Crippen molar-refractivity contribution >= 4 is 0 Å². The fraction of sp³-hybridized carbons (Fsp3) is 0.722. The summed E-state index contributed by atoms with van der Waals surface area (Å²) in [7, 11) is 0. The van der Waals surface area contributed by atoms with Crippen LogP contribution < -0.4 is 10.1 Å². The Morgan fingerprint density at radius 2 is 1.90 bits per heavy atom. The number of hydrogen-bond acceptors (Lipinski definition) is 3. The number of aromatic nitrogens is 1. The van der Waals surface area contributed by atoms with Crippen LogP contribution in [0.4, 0.5) is 0 Å². The number of nitrogens with one attached hydrogen (secondary N) is 1. The van der Waals surface area contributed by atoms with Crippen LogP contribution in [-0.2, 0) is 6.54 Å². The van der Waals surface area contributed by atoms with Crippen LogP contribution in [-0.4, -0.2) is 17.6 Å². The number of nitrogens with zero attached hydrogens (tertiary/aromatic N) is 1. The van der Waals surface area contributed by atoms with E-state index in [9.17, 15) is 0 Å². The molecule has 0 aliphatic heterocycles. The second kappa shape index (κ2) is 8.38. The standard InChI is InChI=1S/C18H30N2O/c1-4-19-13-15-11-17(14(2)3)20-18(12-15)21-16-9-7-5-6-8-10-16/h11-12,14,16,19H,4-10,13H2,1-3H3. The molecule has 21 heavy (non-hydrogen) atoms. The van der Waals surface area contributed by atoms with E-state index < -0.39 is 0 Å². The second-order valence-electron chi connectivity index (χ2n) is 6.40. The van der Waals surface area contributed by atoms with Gasteiger partial charge in [-0.05, 0) is 49.8 Å². The molecule has 0 atom stereocenters. The van der Waals surface area contributed by atoms with Gasteiger partial charge in [-0.15, -0.1) is 0 Å². The van der Waals surface area contributed by atoms with Crippen LogP contribution in [0, 0.1) is 0 Å². The average Bonchev–Trinajstić information content (AvgIpc) is 2.73. The number of ether oxygens (including phenoxy) is 1. The van der Waals surface area contributed by atoms with E-state index in [4.69, 9.17) is 9.72 Å². The summed E-state index contributed by atoms with van der Waals surface area (Å²) in [4.78, 5) is 4.72. The molecule has 1 heterocycles. The molecule has 3 nitrogen and oxygen atoms in total. The van der Waals surface area contributed by atoms with Gasteiger partial charge in [-0.25, -0.2) is 4.98 Å². The first-order valence-corrected chi connectivity index (χ1v) is 8.57. The SMILES string of the molecule is CCNCc1cc(OC2CCCCCC2)nc(C(C)C)c1. The molecule has 0 unspecified atom stereocenters. The van der Waals surface area contributed by atoms with Crippen LogP contribution in [0.25, 0.3) is 0 Å². The molecule has 1 aliphatic carbocycles. The summed E-state index contributed by atoms with van der Waals surface area (Å²) in [5, 5.41) is 3.39. The molecule has 0 bridgehead atoms. The first kappa shape index (κ1) is 16.3. The Kier molecular flexibility index (Phi) is 6.50. The second-order valence-corrected chi connectivity index (χ2v) is 6.40. The summed E-state index contributed by atoms with van der Waals surface area (Å²) in [6.07, 6.45) is 7.99. The fourth-order valence-corrected chi connectivity index (χ4v) is 2.84. The van der Waals surface area contributed by atoms with Crippen LogP contribution in [0.3, 0.4) is 0 Å². The van der Waals surface area contributed by atoms with Crippen molar-refractivity contribution in [2.45, 2.75) is 77.9 Å². The van der Waals surface area contributed by atoms with Gasteiger partial charge in [-0.1, -0.05) is 33.6 Å². The molecule has 3 heteroatoms. The lowest BCUT2D eigenvalue weighted by molar-refractivity contribution is 0.175. The van der Waals surface area contributed by atoms with Crippen molar-refractivity contribution in [2.75, 3.05) is 6.54 Å². The van der Waals surface area contributed by atoms with Crippen molar-refractivity contribution in [2.24, 2.45) is 0 Å². The van der Waals surface area contributed by atoms with Gasteiger partial charge in [0.15, 0.2) is 0 Å². The van der Waals surface area contributed by atoms with E-state index in [-0.39, 0.29) is 0 Å². The van der Waals surface area contributed by atoms with E-state index in [1.807, 2.05) is 0 Å². The van der Waals surface area contributed by atoms with E-state index in [1.165, 1.54) is 44.1 Å². The fourth-order valence-electron chi connectivity index (χ4n) is 2.84. The molecule has 0 saturated heterocycles. The van der Waals surface area contributed by atoms with Crippen LogP contribution in [0.2, 0.25) is 0 Å². The molecule has 118 valence electrons. The Morgan fingerprint density at radius 1 is 1.19 bits per heavy atom. The average molecular weight is 290 g/mol. The summed E-state index contributed by atoms with van der Waals surface area (Å²) < 4.78 is 6.21. The lowest BCUT2D eigenvalue weighted by Gasteiger charge is -2.18. The van der Waals surface area contributed by atoms with Crippen molar-refractivity contribution < 1.29 is 4.74 Å². The molecular weight excluding hydrogens is 260 g/mol. The highest BCUT2D eigenvalue weighted by molar-refractivity contribution is 5.27. The molecule has 1 fully saturated rings. The predicted molar refractivity (Wildman–Crippen MR) is 87.8 cm³/mol. The molecule has 1 aromatic heterocycles. The van der Waals surface area contributed by atoms with Crippen LogP contribution in [0.15, 0.2) is 12.1 Å². The quantitative estimate of drug-likeness (QED) is 0.788. The summed E-state index contributed by atoms with van der Waals surface area (Å²) in [5.41, 5.74) is 2.41. The first-order chi connectivity index (χ1) is 10.2. The molecular formula is C18H30N2O. The van der Waals surface area contributed by atoms with E-state index >= 15 is 0 Å². The van der Waals surface area contributed by atoms with Crippen molar-refractivity contribution in [3.63, 3.8) is 0 Å². The lowest BCUT2D eigenvalue weighted by atomic mass is 10.1. The summed E-state index contributed by atoms with van der Waals surface area (Å²) in [6.45, 7) is 8.38. The third kappa shape index (κ3) is 5.31. The maximum Gasteiger partial charge on any atom is 0.214 e. The first-order valence-electron chi connectivity index (χ1n) is 8.57. The molecule has 1 aliphatic rings. The van der Waals surface area contributed by atoms with Crippen molar-refractivity contribution in [3.8, 4) is 5.88 Å². The predicted octanol–water partition coefficient (Wildman–Crippen LogP) is 4.42. The normalized spacial score (nSPS) is 17.0. The molecule has 2 rings (SSSR count). The Balaban J connectivity index is 2.10. The molecule has 1 aromatic rings. The third-order valence-corrected chi connectivity index (χ3v) is 4.14. The van der Waals surface area contributed by atoms with Crippen molar-refractivity contribution in [1.29, 1.82) is 0 Å². The van der Waals surface area contributed by atoms with Gasteiger partial charge in [0.2, 0.25) is 5.88 Å². The minimum atomic E-state index is 0.356. The van der Waals surface area contributed by atoms with E-state index in [1.54, 1.807) is 0 Å². The largest absolute Gasteiger partial charge is 0.474 e. The van der Waals surface area contributed by atoms with Gasteiger partial charge in [0.1, 0.15) is 6.10 Å². The van der Waals surface area contributed by atoms with E-state index in [0.29, 0.717) is 12.0 Å². The Bertz CT molecular complexity index is 423. The number of rotatable bonds is 6. The minimum absolute atomic E-state index is 0.356. The van der Waals surface area contributed by atoms with Gasteiger partial charge in [-0.2, -0.15) is 0 Å². The van der Waals surface area contributed by atoms with Gasteiger partial charge in [0.25, 0.3) is 0 Å². The van der Waals surface area contributed by atoms with E-state index in [2.05, 4.69) is 38.2 Å². The highest BCUT2D eigenvalue weighted by Gasteiger charge is 2.15. The zero-order valence-corrected chi connectivity index (χ0v) is 13.8. The van der Waals surface area contributed by atoms with Gasteiger partial charge in [0, 0.05) is 18.3 Å². The number of hydrogen-bond donors (Lipinski definition) is 1.